The summed E-state index contributed by atoms with van der Waals surface area (Å²) in [6, 6.07) is 4.13. The Labute approximate surface area is 99.0 Å². The molecule has 2 aromatic rings. The first kappa shape index (κ1) is 10.6. The number of rotatable bonds is 2. The second-order valence-electron chi connectivity index (χ2n) is 2.88. The van der Waals surface area contributed by atoms with Crippen LogP contribution in [0.5, 0.6) is 0 Å². The lowest BCUT2D eigenvalue weighted by Gasteiger charge is -2.02. The molecule has 0 N–H and O–H groups in total. The summed E-state index contributed by atoms with van der Waals surface area (Å²) >= 11 is 9.14. The quantitative estimate of drug-likeness (QED) is 0.796. The zero-order valence-corrected chi connectivity index (χ0v) is 9.83. The summed E-state index contributed by atoms with van der Waals surface area (Å²) in [5, 5.41) is 8.69. The summed E-state index contributed by atoms with van der Waals surface area (Å²) in [5.74, 6) is -0.371. The molecule has 0 saturated heterocycles. The molecule has 2 rings (SSSR count). The summed E-state index contributed by atoms with van der Waals surface area (Å²) in [7, 11) is 0. The standard InChI is InChI=1S/C9H6BrClFN3/c10-4-7-5-15(14-13-7)9-2-1-6(12)3-8(9)11/h1-3,5H,4H2. The van der Waals surface area contributed by atoms with Gasteiger partial charge in [0.25, 0.3) is 0 Å². The Bertz CT molecular complexity index is 486. The predicted molar refractivity (Wildman–Crippen MR) is 59.0 cm³/mol. The second kappa shape index (κ2) is 4.28. The Morgan fingerprint density at radius 2 is 2.27 bits per heavy atom. The molecule has 0 bridgehead atoms. The minimum atomic E-state index is -0.371. The van der Waals surface area contributed by atoms with Gasteiger partial charge in [-0.2, -0.15) is 0 Å². The highest BCUT2D eigenvalue weighted by atomic mass is 79.9. The topological polar surface area (TPSA) is 30.7 Å². The molecule has 0 radical (unpaired) electrons. The lowest BCUT2D eigenvalue weighted by Crippen LogP contribution is -1.96. The first-order chi connectivity index (χ1) is 7.20. The predicted octanol–water partition coefficient (Wildman–Crippen LogP) is 2.95. The molecule has 0 spiro atoms. The van der Waals surface area contributed by atoms with Crippen LogP contribution < -0.4 is 0 Å². The third-order valence-corrected chi connectivity index (χ3v) is 2.71. The van der Waals surface area contributed by atoms with Crippen molar-refractivity contribution in [2.75, 3.05) is 0 Å². The van der Waals surface area contributed by atoms with Crippen LogP contribution in [0.15, 0.2) is 24.4 Å². The van der Waals surface area contributed by atoms with Gasteiger partial charge in [0.2, 0.25) is 0 Å². The average molecular weight is 291 g/mol. The highest BCUT2D eigenvalue weighted by Gasteiger charge is 2.06. The fourth-order valence-electron chi connectivity index (χ4n) is 1.14. The molecular formula is C9H6BrClFN3. The highest BCUT2D eigenvalue weighted by molar-refractivity contribution is 9.08. The van der Waals surface area contributed by atoms with E-state index in [2.05, 4.69) is 26.2 Å². The summed E-state index contributed by atoms with van der Waals surface area (Å²) in [6.07, 6.45) is 1.73. The van der Waals surface area contributed by atoms with E-state index in [1.165, 1.54) is 16.8 Å². The van der Waals surface area contributed by atoms with Crippen molar-refractivity contribution in [1.29, 1.82) is 0 Å². The lowest BCUT2D eigenvalue weighted by atomic mass is 10.3. The SMILES string of the molecule is Fc1ccc(-n2cc(CBr)nn2)c(Cl)c1. The summed E-state index contributed by atoms with van der Waals surface area (Å²) in [6.45, 7) is 0. The monoisotopic (exact) mass is 289 g/mol. The molecule has 6 heteroatoms. The van der Waals surface area contributed by atoms with E-state index < -0.39 is 0 Å². The third-order valence-electron chi connectivity index (χ3n) is 1.83. The van der Waals surface area contributed by atoms with E-state index in [4.69, 9.17) is 11.6 Å². The zero-order valence-electron chi connectivity index (χ0n) is 7.49. The van der Waals surface area contributed by atoms with Gasteiger partial charge in [-0.3, -0.25) is 0 Å². The van der Waals surface area contributed by atoms with E-state index in [0.29, 0.717) is 16.0 Å². The fourth-order valence-corrected chi connectivity index (χ4v) is 1.66. The summed E-state index contributed by atoms with van der Waals surface area (Å²) < 4.78 is 14.3. The molecule has 0 aliphatic carbocycles. The van der Waals surface area contributed by atoms with E-state index in [1.807, 2.05) is 0 Å². The number of alkyl halides is 1. The first-order valence-corrected chi connectivity index (χ1v) is 5.63. The first-order valence-electron chi connectivity index (χ1n) is 4.13. The van der Waals surface area contributed by atoms with Crippen LogP contribution in [0.2, 0.25) is 5.02 Å². The van der Waals surface area contributed by atoms with Crippen LogP contribution in [0.3, 0.4) is 0 Å². The third kappa shape index (κ3) is 2.18. The van der Waals surface area contributed by atoms with Gasteiger partial charge in [-0.15, -0.1) is 5.10 Å². The maximum atomic E-state index is 12.8. The van der Waals surface area contributed by atoms with Crippen LogP contribution in [0.1, 0.15) is 5.69 Å². The maximum absolute atomic E-state index is 12.8. The van der Waals surface area contributed by atoms with Gasteiger partial charge in [-0.1, -0.05) is 32.7 Å². The number of hydrogen-bond acceptors (Lipinski definition) is 2. The van der Waals surface area contributed by atoms with Crippen molar-refractivity contribution in [3.63, 3.8) is 0 Å². The lowest BCUT2D eigenvalue weighted by molar-refractivity contribution is 0.627. The molecule has 1 aromatic carbocycles. The number of halogens is 3. The average Bonchev–Trinajstić information content (AvgIpc) is 2.66. The van der Waals surface area contributed by atoms with Gasteiger partial charge in [-0.05, 0) is 18.2 Å². The van der Waals surface area contributed by atoms with Gasteiger partial charge in [0.1, 0.15) is 5.82 Å². The van der Waals surface area contributed by atoms with Crippen LogP contribution in [-0.2, 0) is 5.33 Å². The van der Waals surface area contributed by atoms with Gasteiger partial charge >= 0.3 is 0 Å². The molecule has 0 aliphatic heterocycles. The van der Waals surface area contributed by atoms with Crippen LogP contribution in [0.4, 0.5) is 4.39 Å². The van der Waals surface area contributed by atoms with Crippen molar-refractivity contribution >= 4 is 27.5 Å². The Morgan fingerprint density at radius 3 is 2.87 bits per heavy atom. The molecule has 0 unspecified atom stereocenters. The van der Waals surface area contributed by atoms with E-state index in [-0.39, 0.29) is 5.82 Å². The molecule has 0 fully saturated rings. The van der Waals surface area contributed by atoms with E-state index >= 15 is 0 Å². The molecule has 1 heterocycles. The Morgan fingerprint density at radius 1 is 1.47 bits per heavy atom. The minimum Gasteiger partial charge on any atom is -0.219 e. The molecule has 15 heavy (non-hydrogen) atoms. The Kier molecular flexibility index (Phi) is 3.02. The van der Waals surface area contributed by atoms with Crippen molar-refractivity contribution in [3.05, 3.63) is 40.9 Å². The second-order valence-corrected chi connectivity index (χ2v) is 3.85. The number of benzene rings is 1. The smallest absolute Gasteiger partial charge is 0.124 e. The largest absolute Gasteiger partial charge is 0.219 e. The zero-order chi connectivity index (χ0) is 10.8. The van der Waals surface area contributed by atoms with Gasteiger partial charge < -0.3 is 0 Å². The molecule has 0 amide bonds. The number of hydrogen-bond donors (Lipinski definition) is 0. The molecular weight excluding hydrogens is 284 g/mol. The van der Waals surface area contributed by atoms with Crippen LogP contribution in [0, 0.1) is 5.82 Å². The molecule has 78 valence electrons. The van der Waals surface area contributed by atoms with Gasteiger partial charge in [0, 0.05) is 5.33 Å². The van der Waals surface area contributed by atoms with Crippen LogP contribution in [0.25, 0.3) is 5.69 Å². The van der Waals surface area contributed by atoms with Crippen molar-refractivity contribution < 1.29 is 4.39 Å². The number of aromatic nitrogens is 3. The fraction of sp³-hybridized carbons (Fsp3) is 0.111. The van der Waals surface area contributed by atoms with Crippen molar-refractivity contribution in [2.45, 2.75) is 5.33 Å². The number of nitrogens with zero attached hydrogens (tertiary/aromatic N) is 3. The van der Waals surface area contributed by atoms with Crippen LogP contribution >= 0.6 is 27.5 Å². The highest BCUT2D eigenvalue weighted by Crippen LogP contribution is 2.20. The molecule has 0 aliphatic rings. The van der Waals surface area contributed by atoms with E-state index in [9.17, 15) is 4.39 Å². The van der Waals surface area contributed by atoms with Gasteiger partial charge in [0.05, 0.1) is 22.6 Å². The molecule has 3 nitrogen and oxygen atoms in total. The van der Waals surface area contributed by atoms with E-state index in [0.717, 1.165) is 5.69 Å². The van der Waals surface area contributed by atoms with Gasteiger partial charge in [-0.25, -0.2) is 9.07 Å². The maximum Gasteiger partial charge on any atom is 0.124 e. The van der Waals surface area contributed by atoms with Crippen molar-refractivity contribution in [1.82, 2.24) is 15.0 Å². The molecule has 1 aromatic heterocycles. The van der Waals surface area contributed by atoms with Crippen LogP contribution in [-0.4, -0.2) is 15.0 Å². The normalized spacial score (nSPS) is 10.6. The summed E-state index contributed by atoms with van der Waals surface area (Å²) in [4.78, 5) is 0. The molecule has 0 saturated carbocycles. The van der Waals surface area contributed by atoms with Crippen molar-refractivity contribution in [3.8, 4) is 5.69 Å². The Hall–Kier alpha value is -0.940. The van der Waals surface area contributed by atoms with E-state index in [1.54, 1.807) is 12.3 Å². The Balaban J connectivity index is 2.44. The van der Waals surface area contributed by atoms with Crippen molar-refractivity contribution in [2.24, 2.45) is 0 Å². The summed E-state index contributed by atoms with van der Waals surface area (Å²) in [5.41, 5.74) is 1.40. The van der Waals surface area contributed by atoms with Gasteiger partial charge in [0.15, 0.2) is 0 Å². The minimum absolute atomic E-state index is 0.307. The molecule has 0 atom stereocenters.